The van der Waals surface area contributed by atoms with Crippen LogP contribution >= 0.6 is 0 Å². The van der Waals surface area contributed by atoms with Crippen molar-refractivity contribution < 1.29 is 19.4 Å². The quantitative estimate of drug-likeness (QED) is 0.859. The van der Waals surface area contributed by atoms with Crippen molar-refractivity contribution in [2.24, 2.45) is 5.92 Å². The van der Waals surface area contributed by atoms with Crippen molar-refractivity contribution in [2.45, 2.75) is 32.7 Å². The summed E-state index contributed by atoms with van der Waals surface area (Å²) in [5.41, 5.74) is 0.175. The smallest absolute Gasteiger partial charge is 0.409 e. The fourth-order valence-electron chi connectivity index (χ4n) is 3.46. The summed E-state index contributed by atoms with van der Waals surface area (Å²) in [5.74, 6) is -0.791. The molecule has 1 aromatic carbocycles. The lowest BCUT2D eigenvalue weighted by Crippen LogP contribution is -2.40. The SMILES string of the molecule is CCOC(=O)N1CCC(Cn2nc(CC(=O)O)c3ccccc3c2=O)CC1. The third kappa shape index (κ3) is 4.27. The molecule has 0 bridgehead atoms. The topological polar surface area (TPSA) is 102 Å². The molecule has 0 aliphatic carbocycles. The molecule has 1 N–H and O–H groups in total. The number of carbonyl (C=O) groups excluding carboxylic acids is 1. The summed E-state index contributed by atoms with van der Waals surface area (Å²) in [5, 5.41) is 14.6. The van der Waals surface area contributed by atoms with E-state index in [1.165, 1.54) is 4.68 Å². The van der Waals surface area contributed by atoms with Gasteiger partial charge in [-0.05, 0) is 31.7 Å². The van der Waals surface area contributed by atoms with Crippen molar-refractivity contribution in [3.05, 3.63) is 40.3 Å². The van der Waals surface area contributed by atoms with E-state index in [9.17, 15) is 14.4 Å². The van der Waals surface area contributed by atoms with Gasteiger partial charge in [-0.25, -0.2) is 9.48 Å². The Labute approximate surface area is 156 Å². The third-order valence-corrected chi connectivity index (χ3v) is 4.83. The Balaban J connectivity index is 1.79. The van der Waals surface area contributed by atoms with Crippen LogP contribution in [0.1, 0.15) is 25.5 Å². The molecule has 27 heavy (non-hydrogen) atoms. The van der Waals surface area contributed by atoms with E-state index >= 15 is 0 Å². The first kappa shape index (κ1) is 18.9. The van der Waals surface area contributed by atoms with Crippen LogP contribution in [0.4, 0.5) is 4.79 Å². The van der Waals surface area contributed by atoms with Crippen LogP contribution in [0.5, 0.6) is 0 Å². The number of fused-ring (bicyclic) bond motifs is 1. The summed E-state index contributed by atoms with van der Waals surface area (Å²) in [6.07, 6.45) is 0.949. The molecule has 2 aromatic rings. The molecule has 3 rings (SSSR count). The Morgan fingerprint density at radius 1 is 1.22 bits per heavy atom. The highest BCUT2D eigenvalue weighted by atomic mass is 16.6. The van der Waals surface area contributed by atoms with E-state index in [2.05, 4.69) is 5.10 Å². The minimum Gasteiger partial charge on any atom is -0.481 e. The fraction of sp³-hybridized carbons (Fsp3) is 0.474. The van der Waals surface area contributed by atoms with Gasteiger partial charge in [0, 0.05) is 25.0 Å². The maximum absolute atomic E-state index is 12.8. The van der Waals surface area contributed by atoms with Crippen LogP contribution in [0.3, 0.4) is 0 Å². The van der Waals surface area contributed by atoms with E-state index < -0.39 is 5.97 Å². The summed E-state index contributed by atoms with van der Waals surface area (Å²) in [7, 11) is 0. The molecule has 1 amide bonds. The minimum absolute atomic E-state index is 0.194. The van der Waals surface area contributed by atoms with Gasteiger partial charge in [0.1, 0.15) is 0 Å². The second-order valence-corrected chi connectivity index (χ2v) is 6.68. The number of carboxylic acids is 1. The van der Waals surface area contributed by atoms with Gasteiger partial charge in [0.2, 0.25) is 0 Å². The number of ether oxygens (including phenoxy) is 1. The lowest BCUT2D eigenvalue weighted by Gasteiger charge is -2.31. The first-order chi connectivity index (χ1) is 13.0. The van der Waals surface area contributed by atoms with Crippen LogP contribution in [0.2, 0.25) is 0 Å². The molecule has 8 heteroatoms. The first-order valence-corrected chi connectivity index (χ1v) is 9.11. The number of piperidine rings is 1. The highest BCUT2D eigenvalue weighted by molar-refractivity contribution is 5.86. The van der Waals surface area contributed by atoms with Gasteiger partial charge >= 0.3 is 12.1 Å². The molecule has 0 radical (unpaired) electrons. The second kappa shape index (κ2) is 8.20. The average Bonchev–Trinajstić information content (AvgIpc) is 2.66. The summed E-state index contributed by atoms with van der Waals surface area (Å²) in [6.45, 7) is 3.69. The number of amides is 1. The normalized spacial score (nSPS) is 15.1. The number of aromatic nitrogens is 2. The molecule has 0 unspecified atom stereocenters. The number of carboxylic acid groups (broad SMARTS) is 1. The summed E-state index contributed by atoms with van der Waals surface area (Å²) >= 11 is 0. The Morgan fingerprint density at radius 2 is 1.89 bits per heavy atom. The van der Waals surface area contributed by atoms with Gasteiger partial charge in [-0.2, -0.15) is 5.10 Å². The number of rotatable bonds is 5. The van der Waals surface area contributed by atoms with Gasteiger partial charge in [0.25, 0.3) is 5.56 Å². The van der Waals surface area contributed by atoms with Gasteiger partial charge < -0.3 is 14.7 Å². The Hall–Kier alpha value is -2.90. The monoisotopic (exact) mass is 373 g/mol. The Kier molecular flexibility index (Phi) is 5.73. The van der Waals surface area contributed by atoms with E-state index in [0.717, 1.165) is 12.8 Å². The number of aliphatic carboxylic acids is 1. The van der Waals surface area contributed by atoms with E-state index in [0.29, 0.717) is 42.7 Å². The Morgan fingerprint density at radius 3 is 2.52 bits per heavy atom. The standard InChI is InChI=1S/C19H23N3O5/c1-2-27-19(26)21-9-7-13(8-10-21)12-22-18(25)15-6-4-3-5-14(15)16(20-22)11-17(23)24/h3-6,13H,2,7-12H2,1H3,(H,23,24). The molecule has 0 spiro atoms. The maximum atomic E-state index is 12.8. The lowest BCUT2D eigenvalue weighted by atomic mass is 9.97. The van der Waals surface area contributed by atoms with Crippen molar-refractivity contribution >= 4 is 22.8 Å². The third-order valence-electron chi connectivity index (χ3n) is 4.83. The van der Waals surface area contributed by atoms with Crippen molar-refractivity contribution in [3.63, 3.8) is 0 Å². The number of carbonyl (C=O) groups is 2. The van der Waals surface area contributed by atoms with Crippen LogP contribution in [-0.4, -0.2) is 51.5 Å². The molecule has 0 atom stereocenters. The zero-order valence-corrected chi connectivity index (χ0v) is 15.3. The van der Waals surface area contributed by atoms with E-state index in [1.807, 2.05) is 0 Å². The van der Waals surface area contributed by atoms with Crippen LogP contribution in [0, 0.1) is 5.92 Å². The molecule has 1 aromatic heterocycles. The number of nitrogens with zero attached hydrogens (tertiary/aromatic N) is 3. The van der Waals surface area contributed by atoms with Crippen molar-refractivity contribution in [1.82, 2.24) is 14.7 Å². The molecule has 1 saturated heterocycles. The molecular weight excluding hydrogens is 350 g/mol. The number of hydrogen-bond acceptors (Lipinski definition) is 5. The maximum Gasteiger partial charge on any atom is 0.409 e. The first-order valence-electron chi connectivity index (χ1n) is 9.11. The highest BCUT2D eigenvalue weighted by Crippen LogP contribution is 2.20. The van der Waals surface area contributed by atoms with E-state index in [4.69, 9.17) is 9.84 Å². The van der Waals surface area contributed by atoms with E-state index in [-0.39, 0.29) is 24.0 Å². The zero-order valence-electron chi connectivity index (χ0n) is 15.3. The molecule has 1 aliphatic heterocycles. The fourth-order valence-corrected chi connectivity index (χ4v) is 3.46. The average molecular weight is 373 g/mol. The number of hydrogen-bond donors (Lipinski definition) is 1. The summed E-state index contributed by atoms with van der Waals surface area (Å²) < 4.78 is 6.40. The van der Waals surface area contributed by atoms with Gasteiger partial charge in [-0.1, -0.05) is 18.2 Å². The number of benzene rings is 1. The van der Waals surface area contributed by atoms with Gasteiger partial charge in [-0.3, -0.25) is 9.59 Å². The van der Waals surface area contributed by atoms with Gasteiger partial charge in [0.15, 0.2) is 0 Å². The molecule has 1 fully saturated rings. The van der Waals surface area contributed by atoms with Gasteiger partial charge in [0.05, 0.1) is 24.1 Å². The molecule has 0 saturated carbocycles. The molecular formula is C19H23N3O5. The predicted octanol–water partition coefficient (Wildman–Crippen LogP) is 1.89. The van der Waals surface area contributed by atoms with Crippen LogP contribution in [0.25, 0.3) is 10.8 Å². The lowest BCUT2D eigenvalue weighted by molar-refractivity contribution is -0.136. The minimum atomic E-state index is -0.986. The van der Waals surface area contributed by atoms with Crippen LogP contribution < -0.4 is 5.56 Å². The van der Waals surface area contributed by atoms with Crippen LogP contribution in [-0.2, 0) is 22.5 Å². The predicted molar refractivity (Wildman–Crippen MR) is 98.7 cm³/mol. The second-order valence-electron chi connectivity index (χ2n) is 6.68. The van der Waals surface area contributed by atoms with E-state index in [1.54, 1.807) is 36.1 Å². The molecule has 144 valence electrons. The van der Waals surface area contributed by atoms with Crippen molar-refractivity contribution in [3.8, 4) is 0 Å². The summed E-state index contributed by atoms with van der Waals surface area (Å²) in [6, 6.07) is 6.95. The van der Waals surface area contributed by atoms with Crippen molar-refractivity contribution in [1.29, 1.82) is 0 Å². The van der Waals surface area contributed by atoms with Gasteiger partial charge in [-0.15, -0.1) is 0 Å². The van der Waals surface area contributed by atoms with Crippen molar-refractivity contribution in [2.75, 3.05) is 19.7 Å². The molecule has 2 heterocycles. The zero-order chi connectivity index (χ0) is 19.4. The van der Waals surface area contributed by atoms with Crippen LogP contribution in [0.15, 0.2) is 29.1 Å². The highest BCUT2D eigenvalue weighted by Gasteiger charge is 2.25. The number of likely N-dealkylation sites (tertiary alicyclic amines) is 1. The molecule has 8 nitrogen and oxygen atoms in total. The Bertz CT molecular complexity index is 900. The summed E-state index contributed by atoms with van der Waals surface area (Å²) in [4.78, 5) is 37.4. The molecule has 1 aliphatic rings. The largest absolute Gasteiger partial charge is 0.481 e.